The third-order valence-electron chi connectivity index (χ3n) is 6.06. The lowest BCUT2D eigenvalue weighted by molar-refractivity contribution is 0.0937. The van der Waals surface area contributed by atoms with Crippen LogP contribution in [0.15, 0.2) is 47.6 Å². The molecule has 1 N–H and O–H groups in total. The van der Waals surface area contributed by atoms with E-state index in [1.54, 1.807) is 33.1 Å². The maximum atomic E-state index is 12.2. The Morgan fingerprint density at radius 3 is 2.35 bits per heavy atom. The number of benzene rings is 2. The van der Waals surface area contributed by atoms with Crippen molar-refractivity contribution in [3.8, 4) is 11.5 Å². The standard InChI is InChI=1S/C28H36N4O4S/c1-19-20(2)30-28(37-18-22-7-10-23(11-8-22)27(33)29-14-16-34-4)31-26(19)32(3)15-13-21-9-12-24(35-5)25(17-21)36-6/h7-12,17H,13-16,18H2,1-6H3,(H,29,33). The zero-order chi connectivity index (χ0) is 26.8. The van der Waals surface area contributed by atoms with Crippen LogP contribution >= 0.6 is 11.8 Å². The first kappa shape index (κ1) is 28.3. The van der Waals surface area contributed by atoms with Gasteiger partial charge in [0.15, 0.2) is 16.7 Å². The van der Waals surface area contributed by atoms with Gasteiger partial charge in [0, 0.05) is 49.8 Å². The first-order valence-electron chi connectivity index (χ1n) is 12.1. The fraction of sp³-hybridized carbons (Fsp3) is 0.393. The smallest absolute Gasteiger partial charge is 0.251 e. The van der Waals surface area contributed by atoms with Gasteiger partial charge in [-0.05, 0) is 55.7 Å². The average Bonchev–Trinajstić information content (AvgIpc) is 2.92. The van der Waals surface area contributed by atoms with Crippen molar-refractivity contribution in [3.05, 3.63) is 70.4 Å². The summed E-state index contributed by atoms with van der Waals surface area (Å²) < 4.78 is 15.7. The van der Waals surface area contributed by atoms with Crippen LogP contribution in [0, 0.1) is 13.8 Å². The van der Waals surface area contributed by atoms with Crippen LogP contribution in [0.3, 0.4) is 0 Å². The summed E-state index contributed by atoms with van der Waals surface area (Å²) in [6.07, 6.45) is 0.840. The number of aromatic nitrogens is 2. The van der Waals surface area contributed by atoms with Gasteiger partial charge in [-0.3, -0.25) is 4.79 Å². The number of nitrogens with one attached hydrogen (secondary N) is 1. The van der Waals surface area contributed by atoms with Crippen LogP contribution in [0.5, 0.6) is 11.5 Å². The zero-order valence-electron chi connectivity index (χ0n) is 22.5. The van der Waals surface area contributed by atoms with Crippen molar-refractivity contribution >= 4 is 23.5 Å². The van der Waals surface area contributed by atoms with Gasteiger partial charge >= 0.3 is 0 Å². The molecule has 1 amide bonds. The second-order valence-corrected chi connectivity index (χ2v) is 9.58. The molecular formula is C28H36N4O4S. The van der Waals surface area contributed by atoms with Crippen molar-refractivity contribution in [2.24, 2.45) is 0 Å². The van der Waals surface area contributed by atoms with Crippen molar-refractivity contribution in [2.75, 3.05) is 53.0 Å². The Morgan fingerprint density at radius 2 is 1.68 bits per heavy atom. The number of carbonyl (C=O) groups is 1. The number of aryl methyl sites for hydroxylation is 1. The van der Waals surface area contributed by atoms with E-state index in [4.69, 9.17) is 24.2 Å². The van der Waals surface area contributed by atoms with Gasteiger partial charge in [-0.1, -0.05) is 30.0 Å². The van der Waals surface area contributed by atoms with Crippen LogP contribution in [0.4, 0.5) is 5.82 Å². The highest BCUT2D eigenvalue weighted by molar-refractivity contribution is 7.98. The molecular weight excluding hydrogens is 488 g/mol. The summed E-state index contributed by atoms with van der Waals surface area (Å²) in [6.45, 7) is 5.85. The number of methoxy groups -OCH3 is 3. The van der Waals surface area contributed by atoms with Gasteiger partial charge in [-0.2, -0.15) is 0 Å². The number of carbonyl (C=O) groups excluding carboxylic acids is 1. The van der Waals surface area contributed by atoms with Gasteiger partial charge in [-0.15, -0.1) is 0 Å². The number of hydrogen-bond acceptors (Lipinski definition) is 8. The number of ether oxygens (including phenoxy) is 3. The number of amides is 1. The first-order chi connectivity index (χ1) is 17.9. The van der Waals surface area contributed by atoms with Crippen LogP contribution < -0.4 is 19.7 Å². The maximum Gasteiger partial charge on any atom is 0.251 e. The molecule has 3 rings (SSSR count). The van der Waals surface area contributed by atoms with E-state index in [2.05, 4.69) is 30.3 Å². The quantitative estimate of drug-likeness (QED) is 0.199. The molecule has 37 heavy (non-hydrogen) atoms. The molecule has 2 aromatic carbocycles. The zero-order valence-corrected chi connectivity index (χ0v) is 23.3. The molecule has 0 aliphatic rings. The maximum absolute atomic E-state index is 12.2. The minimum absolute atomic E-state index is 0.102. The normalized spacial score (nSPS) is 10.8. The molecule has 0 radical (unpaired) electrons. The van der Waals surface area contributed by atoms with Gasteiger partial charge < -0.3 is 24.4 Å². The summed E-state index contributed by atoms with van der Waals surface area (Å²) in [5.74, 6) is 3.00. The van der Waals surface area contributed by atoms with Crippen LogP contribution in [0.25, 0.3) is 0 Å². The molecule has 1 heterocycles. The van der Waals surface area contributed by atoms with Crippen LogP contribution in [0.1, 0.15) is 32.7 Å². The molecule has 1 aromatic heterocycles. The number of thioether (sulfide) groups is 1. The van der Waals surface area contributed by atoms with E-state index in [9.17, 15) is 4.79 Å². The first-order valence-corrected chi connectivity index (χ1v) is 13.1. The number of hydrogen-bond donors (Lipinski definition) is 1. The van der Waals surface area contributed by atoms with E-state index >= 15 is 0 Å². The van der Waals surface area contributed by atoms with E-state index in [-0.39, 0.29) is 5.91 Å². The molecule has 0 atom stereocenters. The largest absolute Gasteiger partial charge is 0.493 e. The van der Waals surface area contributed by atoms with Crippen molar-refractivity contribution in [1.29, 1.82) is 0 Å². The number of rotatable bonds is 13. The van der Waals surface area contributed by atoms with Gasteiger partial charge in [0.05, 0.1) is 20.8 Å². The minimum atomic E-state index is -0.102. The molecule has 0 saturated carbocycles. The lowest BCUT2D eigenvalue weighted by atomic mass is 10.1. The molecule has 0 saturated heterocycles. The van der Waals surface area contributed by atoms with Crippen molar-refractivity contribution < 1.29 is 19.0 Å². The minimum Gasteiger partial charge on any atom is -0.493 e. The van der Waals surface area contributed by atoms with Crippen LogP contribution in [-0.4, -0.2) is 63.9 Å². The monoisotopic (exact) mass is 524 g/mol. The van der Waals surface area contributed by atoms with E-state index in [0.29, 0.717) is 24.5 Å². The molecule has 0 fully saturated rings. The molecule has 8 nitrogen and oxygen atoms in total. The lowest BCUT2D eigenvalue weighted by Gasteiger charge is -2.22. The highest BCUT2D eigenvalue weighted by atomic mass is 32.2. The fourth-order valence-electron chi connectivity index (χ4n) is 3.73. The third-order valence-corrected chi connectivity index (χ3v) is 6.98. The SMILES string of the molecule is COCCNC(=O)c1ccc(CSc2nc(C)c(C)c(N(C)CCc3ccc(OC)c(OC)c3)n2)cc1. The molecule has 0 aliphatic carbocycles. The Bertz CT molecular complexity index is 1190. The van der Waals surface area contributed by atoms with E-state index in [1.807, 2.05) is 43.3 Å². The molecule has 0 unspecified atom stereocenters. The Hall–Kier alpha value is -3.30. The third kappa shape index (κ3) is 7.84. The number of nitrogens with zero attached hydrogens (tertiary/aromatic N) is 3. The molecule has 3 aromatic rings. The van der Waals surface area contributed by atoms with Crippen molar-refractivity contribution in [1.82, 2.24) is 15.3 Å². The number of likely N-dealkylation sites (N-methyl/N-ethyl adjacent to an activating group) is 1. The Labute approximate surface area is 223 Å². The highest BCUT2D eigenvalue weighted by Crippen LogP contribution is 2.29. The second-order valence-electron chi connectivity index (χ2n) is 8.64. The van der Waals surface area contributed by atoms with Crippen molar-refractivity contribution in [2.45, 2.75) is 31.2 Å². The Balaban J connectivity index is 1.62. The molecule has 198 valence electrons. The van der Waals surface area contributed by atoms with Crippen molar-refractivity contribution in [3.63, 3.8) is 0 Å². The molecule has 0 spiro atoms. The highest BCUT2D eigenvalue weighted by Gasteiger charge is 2.14. The summed E-state index contributed by atoms with van der Waals surface area (Å²) in [5.41, 5.74) is 4.93. The van der Waals surface area contributed by atoms with Crippen LogP contribution in [0.2, 0.25) is 0 Å². The summed E-state index contributed by atoms with van der Waals surface area (Å²) in [5, 5.41) is 3.57. The van der Waals surface area contributed by atoms with Gasteiger partial charge in [0.2, 0.25) is 0 Å². The molecule has 0 bridgehead atoms. The Kier molecular flexibility index (Phi) is 10.6. The number of anilines is 1. The summed E-state index contributed by atoms with van der Waals surface area (Å²) in [7, 11) is 6.95. The van der Waals surface area contributed by atoms with Gasteiger partial charge in [0.25, 0.3) is 5.91 Å². The fourth-order valence-corrected chi connectivity index (χ4v) is 4.57. The molecule has 0 aliphatic heterocycles. The van der Waals surface area contributed by atoms with E-state index in [0.717, 1.165) is 52.3 Å². The average molecular weight is 525 g/mol. The second kappa shape index (κ2) is 13.9. The summed E-state index contributed by atoms with van der Waals surface area (Å²) in [6, 6.07) is 13.6. The lowest BCUT2D eigenvalue weighted by Crippen LogP contribution is -2.26. The topological polar surface area (TPSA) is 85.8 Å². The predicted molar refractivity (Wildman–Crippen MR) is 148 cm³/mol. The summed E-state index contributed by atoms with van der Waals surface area (Å²) >= 11 is 1.59. The van der Waals surface area contributed by atoms with Crippen LogP contribution in [-0.2, 0) is 16.9 Å². The van der Waals surface area contributed by atoms with E-state index in [1.165, 1.54) is 5.56 Å². The van der Waals surface area contributed by atoms with Gasteiger partial charge in [-0.25, -0.2) is 9.97 Å². The predicted octanol–water partition coefficient (Wildman–Crippen LogP) is 4.46. The summed E-state index contributed by atoms with van der Waals surface area (Å²) in [4.78, 5) is 23.9. The molecule has 9 heteroatoms. The van der Waals surface area contributed by atoms with E-state index < -0.39 is 0 Å². The van der Waals surface area contributed by atoms with Gasteiger partial charge in [0.1, 0.15) is 5.82 Å². The Morgan fingerprint density at radius 1 is 0.973 bits per heavy atom.